The van der Waals surface area contributed by atoms with Crippen molar-refractivity contribution < 1.29 is 29.9 Å². The van der Waals surface area contributed by atoms with Crippen molar-refractivity contribution in [3.05, 3.63) is 0 Å². The van der Waals surface area contributed by atoms with Gasteiger partial charge in [0.2, 0.25) is 11.8 Å². The average Bonchev–Trinajstić information content (AvgIpc) is 2.40. The molecule has 0 aromatic heterocycles. The summed E-state index contributed by atoms with van der Waals surface area (Å²) in [6.07, 6.45) is 8.20. The van der Waals surface area contributed by atoms with Crippen LogP contribution in [0.3, 0.4) is 0 Å². The van der Waals surface area contributed by atoms with Gasteiger partial charge in [0.15, 0.2) is 0 Å². The van der Waals surface area contributed by atoms with Gasteiger partial charge in [0.05, 0.1) is 0 Å². The molecule has 4 N–H and O–H groups in total. The van der Waals surface area contributed by atoms with Crippen LogP contribution in [0.2, 0.25) is 0 Å². The zero-order valence-electron chi connectivity index (χ0n) is 15.8. The van der Waals surface area contributed by atoms with Gasteiger partial charge < -0.3 is 12.9 Å². The fraction of sp³-hybridized carbons (Fsp3) is 0.875. The van der Waals surface area contributed by atoms with Crippen molar-refractivity contribution in [1.29, 1.82) is 0 Å². The van der Waals surface area contributed by atoms with Crippen molar-refractivity contribution in [3.63, 3.8) is 0 Å². The second kappa shape index (κ2) is 17.6. The number of primary amides is 2. The molecular weight excluding hydrogens is 259 g/mol. The molecule has 2 atom stereocenters. The van der Waals surface area contributed by atoms with Crippen LogP contribution in [0.25, 0.3) is 0 Å². The molecule has 0 aromatic carbocycles. The van der Waals surface area contributed by atoms with E-state index in [0.717, 1.165) is 51.4 Å². The SMILES string of the molecule is CCCCC(CC)C(N)=O.CCCCC(CC)C(N)=O.[H-].[Li+]. The first-order valence-corrected chi connectivity index (χ1v) is 8.02. The molecule has 122 valence electrons. The van der Waals surface area contributed by atoms with Crippen LogP contribution in [0.15, 0.2) is 0 Å². The molecule has 0 aliphatic rings. The molecule has 0 aromatic rings. The summed E-state index contributed by atoms with van der Waals surface area (Å²) in [5, 5.41) is 0. The molecule has 0 rings (SSSR count). The summed E-state index contributed by atoms with van der Waals surface area (Å²) in [4.78, 5) is 21.3. The number of hydrogen-bond acceptors (Lipinski definition) is 2. The van der Waals surface area contributed by atoms with Crippen LogP contribution in [-0.2, 0) is 9.59 Å². The Balaban J connectivity index is -0.000000135. The Morgan fingerprint density at radius 1 is 0.810 bits per heavy atom. The standard InChI is InChI=1S/2C8H17NO.Li.H/c2*1-3-5-6-7(4-2)8(9)10;;/h2*7H,3-6H2,1-2H3,(H2,9,10);;/q;;+1;-1. The number of amides is 2. The molecule has 0 fully saturated rings. The van der Waals surface area contributed by atoms with Gasteiger partial charge >= 0.3 is 18.9 Å². The van der Waals surface area contributed by atoms with Gasteiger partial charge in [-0.2, -0.15) is 0 Å². The molecule has 0 radical (unpaired) electrons. The normalized spacial score (nSPS) is 12.4. The van der Waals surface area contributed by atoms with E-state index in [1.165, 1.54) is 0 Å². The second-order valence-corrected chi connectivity index (χ2v) is 5.30. The Kier molecular flexibility index (Phi) is 21.3. The number of nitrogens with two attached hydrogens (primary N) is 2. The van der Waals surface area contributed by atoms with Crippen molar-refractivity contribution in [2.24, 2.45) is 23.3 Å². The topological polar surface area (TPSA) is 86.2 Å². The maximum absolute atomic E-state index is 10.7. The van der Waals surface area contributed by atoms with Crippen molar-refractivity contribution >= 4 is 11.8 Å². The fourth-order valence-corrected chi connectivity index (χ4v) is 2.00. The molecule has 21 heavy (non-hydrogen) atoms. The first kappa shape index (κ1) is 25.5. The van der Waals surface area contributed by atoms with Crippen molar-refractivity contribution in [3.8, 4) is 0 Å². The van der Waals surface area contributed by atoms with E-state index in [2.05, 4.69) is 13.8 Å². The predicted octanol–water partition coefficient (Wildman–Crippen LogP) is 0.493. The number of unbranched alkanes of at least 4 members (excludes halogenated alkanes) is 2. The Bertz CT molecular complexity index is 241. The minimum atomic E-state index is -0.143. The quantitative estimate of drug-likeness (QED) is 0.575. The third kappa shape index (κ3) is 15.7. The van der Waals surface area contributed by atoms with E-state index in [1.54, 1.807) is 0 Å². The van der Waals surface area contributed by atoms with Crippen LogP contribution in [0, 0.1) is 11.8 Å². The second-order valence-electron chi connectivity index (χ2n) is 5.30. The van der Waals surface area contributed by atoms with E-state index < -0.39 is 0 Å². The van der Waals surface area contributed by atoms with Gasteiger partial charge in [0.1, 0.15) is 0 Å². The zero-order chi connectivity index (χ0) is 16.0. The first-order chi connectivity index (χ1) is 9.44. The van der Waals surface area contributed by atoms with Gasteiger partial charge in [-0.05, 0) is 25.7 Å². The molecule has 0 aliphatic carbocycles. The van der Waals surface area contributed by atoms with E-state index in [0.29, 0.717) is 0 Å². The zero-order valence-corrected chi connectivity index (χ0v) is 14.8. The summed E-state index contributed by atoms with van der Waals surface area (Å²) in [7, 11) is 0. The summed E-state index contributed by atoms with van der Waals surface area (Å²) in [5.41, 5.74) is 10.3. The minimum Gasteiger partial charge on any atom is -1.00 e. The maximum Gasteiger partial charge on any atom is 1.00 e. The van der Waals surface area contributed by atoms with Crippen LogP contribution in [0.4, 0.5) is 0 Å². The summed E-state index contributed by atoms with van der Waals surface area (Å²) < 4.78 is 0. The van der Waals surface area contributed by atoms with Crippen molar-refractivity contribution in [2.75, 3.05) is 0 Å². The smallest absolute Gasteiger partial charge is 1.00 e. The van der Waals surface area contributed by atoms with Gasteiger partial charge in [-0.15, -0.1) is 0 Å². The number of carbonyl (C=O) groups is 2. The fourth-order valence-electron chi connectivity index (χ4n) is 2.00. The monoisotopic (exact) mass is 294 g/mol. The Labute approximate surface area is 144 Å². The van der Waals surface area contributed by atoms with Crippen LogP contribution in [0.1, 0.15) is 80.5 Å². The molecule has 4 nitrogen and oxygen atoms in total. The maximum atomic E-state index is 10.7. The van der Waals surface area contributed by atoms with E-state index in [4.69, 9.17) is 11.5 Å². The van der Waals surface area contributed by atoms with E-state index in [-0.39, 0.29) is 43.9 Å². The Morgan fingerprint density at radius 3 is 1.24 bits per heavy atom. The Morgan fingerprint density at radius 2 is 1.10 bits per heavy atom. The van der Waals surface area contributed by atoms with Crippen LogP contribution in [-0.4, -0.2) is 11.8 Å². The van der Waals surface area contributed by atoms with Gasteiger partial charge in [-0.3, -0.25) is 9.59 Å². The molecule has 0 saturated carbocycles. The van der Waals surface area contributed by atoms with Crippen LogP contribution in [0.5, 0.6) is 0 Å². The third-order valence-corrected chi connectivity index (χ3v) is 3.60. The van der Waals surface area contributed by atoms with Crippen molar-refractivity contribution in [2.45, 2.75) is 79.1 Å². The average molecular weight is 294 g/mol. The van der Waals surface area contributed by atoms with Crippen LogP contribution >= 0.6 is 0 Å². The van der Waals surface area contributed by atoms with E-state index in [1.807, 2.05) is 13.8 Å². The molecule has 0 heterocycles. The van der Waals surface area contributed by atoms with E-state index >= 15 is 0 Å². The molecule has 2 amide bonds. The molecule has 0 spiro atoms. The summed E-state index contributed by atoms with van der Waals surface area (Å²) in [5.74, 6) is -0.0631. The van der Waals surface area contributed by atoms with E-state index in [9.17, 15) is 9.59 Å². The molecular formula is C16H35LiN2O2. The molecule has 2 unspecified atom stereocenters. The predicted molar refractivity (Wildman–Crippen MR) is 86.1 cm³/mol. The van der Waals surface area contributed by atoms with Crippen LogP contribution < -0.4 is 30.3 Å². The molecule has 5 heteroatoms. The van der Waals surface area contributed by atoms with Crippen molar-refractivity contribution in [1.82, 2.24) is 0 Å². The number of rotatable bonds is 10. The van der Waals surface area contributed by atoms with Gasteiger partial charge in [-0.25, -0.2) is 0 Å². The molecule has 0 bridgehead atoms. The van der Waals surface area contributed by atoms with Gasteiger partial charge in [0, 0.05) is 11.8 Å². The molecule has 0 aliphatic heterocycles. The number of hydrogen-bond donors (Lipinski definition) is 2. The summed E-state index contributed by atoms with van der Waals surface area (Å²) in [6, 6.07) is 0. The largest absolute Gasteiger partial charge is 1.00 e. The third-order valence-electron chi connectivity index (χ3n) is 3.60. The summed E-state index contributed by atoms with van der Waals surface area (Å²) >= 11 is 0. The number of carbonyl (C=O) groups excluding carboxylic acids is 2. The minimum absolute atomic E-state index is 0. The van der Waals surface area contributed by atoms with Gasteiger partial charge in [0.25, 0.3) is 0 Å². The Hall–Kier alpha value is -0.463. The summed E-state index contributed by atoms with van der Waals surface area (Å²) in [6.45, 7) is 8.25. The first-order valence-electron chi connectivity index (χ1n) is 8.02. The van der Waals surface area contributed by atoms with Gasteiger partial charge in [-0.1, -0.05) is 53.4 Å². The molecule has 0 saturated heterocycles.